The molecular formula is C23H11F3OS2. The van der Waals surface area contributed by atoms with E-state index in [1.165, 1.54) is 16.2 Å². The van der Waals surface area contributed by atoms with Crippen molar-refractivity contribution in [1.82, 2.24) is 0 Å². The SMILES string of the molecule is FC(F)(F)SOc1cc2sc3cc4ccccc4c4c5ccccc5c(c1)c2c34. The lowest BCUT2D eigenvalue weighted by atomic mass is 9.91. The second-order valence-electron chi connectivity index (χ2n) is 6.95. The number of thiophene rings is 1. The van der Waals surface area contributed by atoms with Gasteiger partial charge in [-0.2, -0.15) is 13.2 Å². The first-order chi connectivity index (χ1) is 14.0. The molecule has 1 heterocycles. The zero-order valence-electron chi connectivity index (χ0n) is 14.7. The molecular weight excluding hydrogens is 413 g/mol. The molecule has 0 aliphatic carbocycles. The van der Waals surface area contributed by atoms with Gasteiger partial charge in [-0.05, 0) is 50.5 Å². The molecule has 0 bridgehead atoms. The van der Waals surface area contributed by atoms with Crippen LogP contribution in [0.25, 0.3) is 52.5 Å². The van der Waals surface area contributed by atoms with Crippen LogP contribution in [0.4, 0.5) is 13.2 Å². The Morgan fingerprint density at radius 1 is 0.690 bits per heavy atom. The van der Waals surface area contributed by atoms with E-state index in [-0.39, 0.29) is 5.75 Å². The average Bonchev–Trinajstić information content (AvgIpc) is 3.07. The van der Waals surface area contributed by atoms with E-state index in [0.717, 1.165) is 36.3 Å². The van der Waals surface area contributed by atoms with E-state index < -0.39 is 17.6 Å². The van der Waals surface area contributed by atoms with Crippen LogP contribution in [0.2, 0.25) is 0 Å². The van der Waals surface area contributed by atoms with Crippen molar-refractivity contribution in [3.63, 3.8) is 0 Å². The van der Waals surface area contributed by atoms with Gasteiger partial charge in [-0.25, -0.2) is 0 Å². The zero-order chi connectivity index (χ0) is 19.8. The van der Waals surface area contributed by atoms with Gasteiger partial charge in [0.1, 0.15) is 5.75 Å². The van der Waals surface area contributed by atoms with Crippen LogP contribution in [-0.4, -0.2) is 5.51 Å². The maximum atomic E-state index is 12.7. The van der Waals surface area contributed by atoms with Crippen molar-refractivity contribution in [2.75, 3.05) is 0 Å². The Bertz CT molecular complexity index is 1550. The summed E-state index contributed by atoms with van der Waals surface area (Å²) in [6.45, 7) is 0. The second kappa shape index (κ2) is 5.90. The standard InChI is InChI=1S/C23H11F3OS2/c24-23(25,26)29-27-13-10-17-15-7-3-4-8-16(15)20-14-6-2-1-5-12(14)9-18-22(20)21(17)19(11-13)28-18/h1-11H. The van der Waals surface area contributed by atoms with Crippen LogP contribution >= 0.6 is 23.4 Å². The molecule has 1 nitrogen and oxygen atoms in total. The smallest absolute Gasteiger partial charge is 0.417 e. The third kappa shape index (κ3) is 2.56. The summed E-state index contributed by atoms with van der Waals surface area (Å²) >= 11 is 1.12. The summed E-state index contributed by atoms with van der Waals surface area (Å²) < 4.78 is 45.1. The van der Waals surface area contributed by atoms with E-state index in [0.29, 0.717) is 0 Å². The van der Waals surface area contributed by atoms with Crippen molar-refractivity contribution in [3.8, 4) is 5.75 Å². The van der Waals surface area contributed by atoms with Gasteiger partial charge in [0.05, 0.1) is 0 Å². The molecule has 0 N–H and O–H groups in total. The van der Waals surface area contributed by atoms with Crippen LogP contribution in [-0.2, 0) is 0 Å². The predicted molar refractivity (Wildman–Crippen MR) is 117 cm³/mol. The highest BCUT2D eigenvalue weighted by Gasteiger charge is 2.31. The third-order valence-electron chi connectivity index (χ3n) is 5.28. The highest BCUT2D eigenvalue weighted by Crippen LogP contribution is 2.49. The molecule has 0 amide bonds. The van der Waals surface area contributed by atoms with Crippen molar-refractivity contribution >= 4 is 75.9 Å². The first kappa shape index (κ1) is 17.2. The highest BCUT2D eigenvalue weighted by atomic mass is 32.2. The fourth-order valence-electron chi connectivity index (χ4n) is 4.27. The predicted octanol–water partition coefficient (Wildman–Crippen LogP) is 8.50. The number of halogens is 3. The van der Waals surface area contributed by atoms with Gasteiger partial charge in [-0.15, -0.1) is 11.3 Å². The van der Waals surface area contributed by atoms with Gasteiger partial charge >= 0.3 is 5.51 Å². The average molecular weight is 424 g/mol. The van der Waals surface area contributed by atoms with Gasteiger partial charge in [0.15, 0.2) is 12.0 Å². The molecule has 0 fully saturated rings. The number of fused-ring (bicyclic) bond motifs is 5. The molecule has 6 heteroatoms. The molecule has 1 aromatic heterocycles. The van der Waals surface area contributed by atoms with Crippen LogP contribution in [0.3, 0.4) is 0 Å². The quantitative estimate of drug-likeness (QED) is 0.204. The summed E-state index contributed by atoms with van der Waals surface area (Å²) in [6, 6.07) is 22.0. The van der Waals surface area contributed by atoms with Crippen molar-refractivity contribution < 1.29 is 17.4 Å². The van der Waals surface area contributed by atoms with Crippen molar-refractivity contribution in [2.24, 2.45) is 0 Å². The van der Waals surface area contributed by atoms with Gasteiger partial charge in [-0.1, -0.05) is 48.5 Å². The van der Waals surface area contributed by atoms with E-state index in [9.17, 15) is 13.2 Å². The molecule has 0 aliphatic heterocycles. The highest BCUT2D eigenvalue weighted by molar-refractivity contribution is 7.95. The van der Waals surface area contributed by atoms with Gasteiger partial charge in [0, 0.05) is 20.2 Å². The van der Waals surface area contributed by atoms with E-state index in [2.05, 4.69) is 24.3 Å². The Morgan fingerprint density at radius 2 is 1.38 bits per heavy atom. The minimum Gasteiger partial charge on any atom is -0.417 e. The molecule has 0 saturated carbocycles. The van der Waals surface area contributed by atoms with E-state index in [1.54, 1.807) is 23.5 Å². The van der Waals surface area contributed by atoms with Crippen LogP contribution in [0.5, 0.6) is 5.75 Å². The van der Waals surface area contributed by atoms with Crippen LogP contribution in [0.1, 0.15) is 0 Å². The first-order valence-corrected chi connectivity index (χ1v) is 10.5. The fourth-order valence-corrected chi connectivity index (χ4v) is 5.77. The summed E-state index contributed by atoms with van der Waals surface area (Å²) in [6.07, 6.45) is 0. The minimum absolute atomic E-state index is 0.212. The van der Waals surface area contributed by atoms with Gasteiger partial charge in [0.25, 0.3) is 0 Å². The molecule has 0 aliphatic rings. The molecule has 6 aromatic rings. The molecule has 0 atom stereocenters. The molecule has 6 rings (SSSR count). The number of rotatable bonds is 2. The topological polar surface area (TPSA) is 9.23 Å². The van der Waals surface area contributed by atoms with E-state index in [4.69, 9.17) is 4.18 Å². The van der Waals surface area contributed by atoms with Crippen molar-refractivity contribution in [1.29, 1.82) is 0 Å². The second-order valence-corrected chi connectivity index (χ2v) is 8.83. The van der Waals surface area contributed by atoms with Gasteiger partial charge < -0.3 is 4.18 Å². The minimum atomic E-state index is -4.45. The fraction of sp³-hybridized carbons (Fsp3) is 0.0435. The van der Waals surface area contributed by atoms with Crippen LogP contribution in [0.15, 0.2) is 66.7 Å². The van der Waals surface area contributed by atoms with Crippen LogP contribution in [0, 0.1) is 0 Å². The number of alkyl halides is 3. The number of hydrogen-bond acceptors (Lipinski definition) is 3. The van der Waals surface area contributed by atoms with Gasteiger partial charge in [0.2, 0.25) is 0 Å². The lowest BCUT2D eigenvalue weighted by molar-refractivity contribution is -0.0369. The molecule has 142 valence electrons. The van der Waals surface area contributed by atoms with E-state index in [1.807, 2.05) is 30.3 Å². The van der Waals surface area contributed by atoms with Crippen molar-refractivity contribution in [2.45, 2.75) is 5.51 Å². The zero-order valence-corrected chi connectivity index (χ0v) is 16.3. The monoisotopic (exact) mass is 424 g/mol. The largest absolute Gasteiger partial charge is 0.479 e. The van der Waals surface area contributed by atoms with E-state index >= 15 is 0 Å². The third-order valence-corrected chi connectivity index (χ3v) is 6.83. The Balaban J connectivity index is 1.80. The molecule has 0 unspecified atom stereocenters. The molecule has 0 spiro atoms. The maximum Gasteiger partial charge on any atom is 0.479 e. The summed E-state index contributed by atoms with van der Waals surface area (Å²) in [4.78, 5) is 0. The normalized spacial score (nSPS) is 12.8. The number of benzene rings is 5. The summed E-state index contributed by atoms with van der Waals surface area (Å²) in [5, 5.41) is 8.84. The van der Waals surface area contributed by atoms with Crippen LogP contribution < -0.4 is 4.18 Å². The molecule has 5 aromatic carbocycles. The Hall–Kier alpha value is -2.70. The molecule has 0 saturated heterocycles. The Kier molecular flexibility index (Phi) is 3.50. The lowest BCUT2D eigenvalue weighted by Gasteiger charge is -2.13. The molecule has 0 radical (unpaired) electrons. The van der Waals surface area contributed by atoms with Crippen molar-refractivity contribution in [3.05, 3.63) is 66.7 Å². The van der Waals surface area contributed by atoms with Gasteiger partial charge in [-0.3, -0.25) is 0 Å². The summed E-state index contributed by atoms with van der Waals surface area (Å²) in [7, 11) is 0. The first-order valence-electron chi connectivity index (χ1n) is 8.94. The summed E-state index contributed by atoms with van der Waals surface area (Å²) in [5.41, 5.74) is -4.45. The molecule has 29 heavy (non-hydrogen) atoms. The Labute approximate surface area is 171 Å². The summed E-state index contributed by atoms with van der Waals surface area (Å²) in [5.74, 6) is 0.212. The maximum absolute atomic E-state index is 12.7. The number of hydrogen-bond donors (Lipinski definition) is 0. The lowest BCUT2D eigenvalue weighted by Crippen LogP contribution is -2.02. The Morgan fingerprint density at radius 3 is 2.17 bits per heavy atom.